The third kappa shape index (κ3) is 3.66. The van der Waals surface area contributed by atoms with E-state index in [0.717, 1.165) is 56.0 Å². The summed E-state index contributed by atoms with van der Waals surface area (Å²) in [6.45, 7) is 3.00. The van der Waals surface area contributed by atoms with Crippen LogP contribution in [0.4, 0.5) is 0 Å². The highest BCUT2D eigenvalue weighted by atomic mass is 16.5. The van der Waals surface area contributed by atoms with Crippen molar-refractivity contribution in [2.24, 2.45) is 5.92 Å². The van der Waals surface area contributed by atoms with Crippen molar-refractivity contribution in [2.75, 3.05) is 33.9 Å². The van der Waals surface area contributed by atoms with E-state index in [1.54, 1.807) is 14.2 Å². The summed E-state index contributed by atoms with van der Waals surface area (Å²) < 4.78 is 10.8. The van der Waals surface area contributed by atoms with Gasteiger partial charge in [0.1, 0.15) is 11.5 Å². The third-order valence-electron chi connectivity index (χ3n) is 5.30. The molecule has 2 heterocycles. The lowest BCUT2D eigenvalue weighted by molar-refractivity contribution is -0.132. The molecular weight excluding hydrogens is 304 g/mol. The molecule has 2 unspecified atom stereocenters. The van der Waals surface area contributed by atoms with Crippen molar-refractivity contribution < 1.29 is 14.3 Å². The van der Waals surface area contributed by atoms with Crippen molar-refractivity contribution >= 4 is 5.91 Å². The van der Waals surface area contributed by atoms with Gasteiger partial charge in [0.15, 0.2) is 0 Å². The van der Waals surface area contributed by atoms with Gasteiger partial charge in [0.2, 0.25) is 5.91 Å². The minimum atomic E-state index is 0.125. The summed E-state index contributed by atoms with van der Waals surface area (Å²) in [7, 11) is 3.32. The zero-order valence-electron chi connectivity index (χ0n) is 14.7. The van der Waals surface area contributed by atoms with Gasteiger partial charge in [0.05, 0.1) is 20.3 Å². The number of hydrogen-bond donors (Lipinski definition) is 1. The van der Waals surface area contributed by atoms with Crippen LogP contribution < -0.4 is 14.8 Å². The molecule has 1 amide bonds. The minimum Gasteiger partial charge on any atom is -0.497 e. The van der Waals surface area contributed by atoms with E-state index in [4.69, 9.17) is 9.47 Å². The number of rotatable bonds is 6. The van der Waals surface area contributed by atoms with Gasteiger partial charge >= 0.3 is 0 Å². The smallest absolute Gasteiger partial charge is 0.223 e. The first kappa shape index (κ1) is 17.1. The Bertz CT molecular complexity index is 570. The second-order valence-electron chi connectivity index (χ2n) is 6.75. The Kier molecular flexibility index (Phi) is 5.61. The topological polar surface area (TPSA) is 50.8 Å². The molecule has 132 valence electrons. The predicted molar refractivity (Wildman–Crippen MR) is 93.4 cm³/mol. The number of benzene rings is 1. The van der Waals surface area contributed by atoms with Crippen molar-refractivity contribution in [3.63, 3.8) is 0 Å². The van der Waals surface area contributed by atoms with E-state index in [-0.39, 0.29) is 11.9 Å². The highest BCUT2D eigenvalue weighted by molar-refractivity contribution is 5.77. The van der Waals surface area contributed by atoms with Gasteiger partial charge in [-0.3, -0.25) is 4.79 Å². The molecule has 0 saturated carbocycles. The first-order chi connectivity index (χ1) is 11.7. The fraction of sp³-hybridized carbons (Fsp3) is 0.632. The zero-order valence-corrected chi connectivity index (χ0v) is 14.7. The highest BCUT2D eigenvalue weighted by Gasteiger charge is 2.32. The van der Waals surface area contributed by atoms with Gasteiger partial charge in [-0.05, 0) is 56.8 Å². The Morgan fingerprint density at radius 3 is 2.88 bits per heavy atom. The van der Waals surface area contributed by atoms with Crippen LogP contribution in [0.3, 0.4) is 0 Å². The number of nitrogens with zero attached hydrogens (tertiary/aromatic N) is 1. The average Bonchev–Trinajstić information content (AvgIpc) is 3.30. The predicted octanol–water partition coefficient (Wildman–Crippen LogP) is 2.76. The molecule has 24 heavy (non-hydrogen) atoms. The monoisotopic (exact) mass is 332 g/mol. The Morgan fingerprint density at radius 1 is 1.29 bits per heavy atom. The summed E-state index contributed by atoms with van der Waals surface area (Å²) in [5, 5.41) is 3.37. The number of ether oxygens (including phenoxy) is 2. The van der Waals surface area contributed by atoms with Crippen LogP contribution in [0.5, 0.6) is 11.5 Å². The third-order valence-corrected chi connectivity index (χ3v) is 5.30. The number of carbonyl (C=O) groups excluding carboxylic acids is 1. The number of methoxy groups -OCH3 is 2. The highest BCUT2D eigenvalue weighted by Crippen LogP contribution is 2.39. The standard InChI is InChI=1S/C19H28N2O3/c1-23-15-6-7-16(18(12-15)24-2)17-4-3-11-21(17)19(22)8-5-14-9-10-20-13-14/h6-7,12,14,17,20H,3-5,8-11,13H2,1-2H3. The quantitative estimate of drug-likeness (QED) is 0.870. The fourth-order valence-corrected chi connectivity index (χ4v) is 3.91. The lowest BCUT2D eigenvalue weighted by atomic mass is 10.0. The molecule has 0 bridgehead atoms. The molecule has 0 aromatic heterocycles. The molecule has 1 aromatic rings. The van der Waals surface area contributed by atoms with E-state index in [1.165, 1.54) is 6.42 Å². The average molecular weight is 332 g/mol. The molecule has 2 atom stereocenters. The normalized spacial score (nSPS) is 23.5. The largest absolute Gasteiger partial charge is 0.497 e. The molecule has 3 rings (SSSR count). The maximum absolute atomic E-state index is 12.7. The molecular formula is C19H28N2O3. The van der Waals surface area contributed by atoms with Gasteiger partial charge in [-0.25, -0.2) is 0 Å². The molecule has 1 N–H and O–H groups in total. The van der Waals surface area contributed by atoms with Gasteiger partial charge in [-0.15, -0.1) is 0 Å². The summed E-state index contributed by atoms with van der Waals surface area (Å²) in [4.78, 5) is 14.8. The van der Waals surface area contributed by atoms with Gasteiger partial charge in [-0.2, -0.15) is 0 Å². The lowest BCUT2D eigenvalue weighted by Crippen LogP contribution is -2.31. The molecule has 0 aliphatic carbocycles. The maximum Gasteiger partial charge on any atom is 0.223 e. The Balaban J connectivity index is 1.69. The van der Waals surface area contributed by atoms with Crippen LogP contribution in [-0.4, -0.2) is 44.7 Å². The van der Waals surface area contributed by atoms with Crippen LogP contribution in [0.2, 0.25) is 0 Å². The van der Waals surface area contributed by atoms with Crippen LogP contribution >= 0.6 is 0 Å². The SMILES string of the molecule is COc1ccc(C2CCCN2C(=O)CCC2CCNC2)c(OC)c1. The van der Waals surface area contributed by atoms with Crippen molar-refractivity contribution in [3.05, 3.63) is 23.8 Å². The van der Waals surface area contributed by atoms with Crippen LogP contribution in [0.15, 0.2) is 18.2 Å². The van der Waals surface area contributed by atoms with Gasteiger partial charge in [-0.1, -0.05) is 0 Å². The second kappa shape index (κ2) is 7.88. The van der Waals surface area contributed by atoms with Gasteiger partial charge < -0.3 is 19.7 Å². The van der Waals surface area contributed by atoms with Crippen molar-refractivity contribution in [1.82, 2.24) is 10.2 Å². The molecule has 2 aliphatic heterocycles. The molecule has 2 saturated heterocycles. The molecule has 5 heteroatoms. The van der Waals surface area contributed by atoms with E-state index in [9.17, 15) is 4.79 Å². The van der Waals surface area contributed by atoms with Crippen LogP contribution in [-0.2, 0) is 4.79 Å². The number of hydrogen-bond acceptors (Lipinski definition) is 4. The van der Waals surface area contributed by atoms with Crippen molar-refractivity contribution in [1.29, 1.82) is 0 Å². The summed E-state index contributed by atoms with van der Waals surface area (Å²) >= 11 is 0. The summed E-state index contributed by atoms with van der Waals surface area (Å²) in [6, 6.07) is 6.01. The second-order valence-corrected chi connectivity index (χ2v) is 6.75. The molecule has 0 spiro atoms. The van der Waals surface area contributed by atoms with Gasteiger partial charge in [0.25, 0.3) is 0 Å². The minimum absolute atomic E-state index is 0.125. The molecule has 0 radical (unpaired) electrons. The Labute approximate surface area is 144 Å². The summed E-state index contributed by atoms with van der Waals surface area (Å²) in [5.41, 5.74) is 1.09. The number of amides is 1. The number of likely N-dealkylation sites (tertiary alicyclic amines) is 1. The summed E-state index contributed by atoms with van der Waals surface area (Å²) in [6.07, 6.45) is 4.90. The molecule has 2 fully saturated rings. The van der Waals surface area contributed by atoms with Crippen LogP contribution in [0, 0.1) is 5.92 Å². The van der Waals surface area contributed by atoms with E-state index >= 15 is 0 Å². The summed E-state index contributed by atoms with van der Waals surface area (Å²) in [5.74, 6) is 2.52. The van der Waals surface area contributed by atoms with E-state index in [1.807, 2.05) is 23.1 Å². The number of nitrogens with one attached hydrogen (secondary N) is 1. The van der Waals surface area contributed by atoms with Crippen LogP contribution in [0.25, 0.3) is 0 Å². The van der Waals surface area contributed by atoms with Crippen molar-refractivity contribution in [2.45, 2.75) is 38.1 Å². The molecule has 2 aliphatic rings. The van der Waals surface area contributed by atoms with E-state index < -0.39 is 0 Å². The Hall–Kier alpha value is -1.75. The lowest BCUT2D eigenvalue weighted by Gasteiger charge is -2.27. The van der Waals surface area contributed by atoms with E-state index in [2.05, 4.69) is 5.32 Å². The zero-order chi connectivity index (χ0) is 16.9. The van der Waals surface area contributed by atoms with Gasteiger partial charge in [0, 0.05) is 24.6 Å². The Morgan fingerprint density at radius 2 is 2.17 bits per heavy atom. The van der Waals surface area contributed by atoms with E-state index in [0.29, 0.717) is 12.3 Å². The fourth-order valence-electron chi connectivity index (χ4n) is 3.91. The molecule has 1 aromatic carbocycles. The maximum atomic E-state index is 12.7. The number of carbonyl (C=O) groups is 1. The molecule has 5 nitrogen and oxygen atoms in total. The van der Waals surface area contributed by atoms with Crippen molar-refractivity contribution in [3.8, 4) is 11.5 Å². The first-order valence-corrected chi connectivity index (χ1v) is 8.95. The first-order valence-electron chi connectivity index (χ1n) is 8.95. The van der Waals surface area contributed by atoms with Crippen LogP contribution in [0.1, 0.15) is 43.7 Å².